The third-order valence-corrected chi connectivity index (χ3v) is 3.05. The number of nitrogens with two attached hydrogens (primary N) is 1. The first kappa shape index (κ1) is 12.1. The van der Waals surface area contributed by atoms with Crippen molar-refractivity contribution in [1.29, 1.82) is 0 Å². The summed E-state index contributed by atoms with van der Waals surface area (Å²) in [6.45, 7) is 1.51. The first-order chi connectivity index (χ1) is 8.21. The predicted octanol–water partition coefficient (Wildman–Crippen LogP) is 0.463. The zero-order valence-electron chi connectivity index (χ0n) is 9.82. The average Bonchev–Trinajstić information content (AvgIpc) is 2.79. The van der Waals surface area contributed by atoms with E-state index in [1.807, 2.05) is 30.3 Å². The van der Waals surface area contributed by atoms with Crippen molar-refractivity contribution in [2.75, 3.05) is 19.8 Å². The molecule has 4 nitrogen and oxygen atoms in total. The van der Waals surface area contributed by atoms with E-state index in [0.29, 0.717) is 26.2 Å². The molecular weight excluding hydrogens is 216 g/mol. The van der Waals surface area contributed by atoms with E-state index in [1.54, 1.807) is 0 Å². The van der Waals surface area contributed by atoms with Gasteiger partial charge in [0.2, 0.25) is 5.91 Å². The summed E-state index contributed by atoms with van der Waals surface area (Å²) < 4.78 is 5.16. The van der Waals surface area contributed by atoms with Crippen LogP contribution in [-0.4, -0.2) is 31.2 Å². The van der Waals surface area contributed by atoms with E-state index >= 15 is 0 Å². The predicted molar refractivity (Wildman–Crippen MR) is 65.5 cm³/mol. The van der Waals surface area contributed by atoms with Crippen LogP contribution in [0.1, 0.15) is 12.0 Å². The summed E-state index contributed by atoms with van der Waals surface area (Å²) in [6.07, 6.45) is 1.42. The Morgan fingerprint density at radius 1 is 1.41 bits per heavy atom. The fourth-order valence-electron chi connectivity index (χ4n) is 1.90. The molecule has 1 fully saturated rings. The van der Waals surface area contributed by atoms with E-state index in [4.69, 9.17) is 10.5 Å². The zero-order chi connectivity index (χ0) is 12.1. The lowest BCUT2D eigenvalue weighted by molar-refractivity contribution is -0.126. The average molecular weight is 234 g/mol. The van der Waals surface area contributed by atoms with Crippen molar-refractivity contribution in [2.24, 2.45) is 5.73 Å². The number of amides is 1. The third-order valence-electron chi connectivity index (χ3n) is 3.05. The van der Waals surface area contributed by atoms with Gasteiger partial charge in [0.1, 0.15) is 5.54 Å². The van der Waals surface area contributed by atoms with Gasteiger partial charge in [-0.05, 0) is 18.4 Å². The van der Waals surface area contributed by atoms with Crippen LogP contribution in [0.15, 0.2) is 30.3 Å². The smallest absolute Gasteiger partial charge is 0.242 e. The third kappa shape index (κ3) is 3.05. The van der Waals surface area contributed by atoms with Crippen molar-refractivity contribution in [3.63, 3.8) is 0 Å². The zero-order valence-corrected chi connectivity index (χ0v) is 9.82. The first-order valence-corrected chi connectivity index (χ1v) is 5.90. The molecule has 1 amide bonds. The highest BCUT2D eigenvalue weighted by molar-refractivity contribution is 5.86. The molecule has 0 aliphatic carbocycles. The maximum Gasteiger partial charge on any atom is 0.242 e. The van der Waals surface area contributed by atoms with Crippen molar-refractivity contribution in [2.45, 2.75) is 18.4 Å². The molecule has 1 aliphatic heterocycles. The molecule has 1 aromatic carbocycles. The summed E-state index contributed by atoms with van der Waals surface area (Å²) in [4.78, 5) is 11.8. The molecular formula is C13H18N2O2. The van der Waals surface area contributed by atoms with E-state index in [0.717, 1.165) is 6.42 Å². The van der Waals surface area contributed by atoms with Crippen LogP contribution in [0.4, 0.5) is 0 Å². The second-order valence-corrected chi connectivity index (χ2v) is 4.45. The van der Waals surface area contributed by atoms with Crippen molar-refractivity contribution in [3.8, 4) is 0 Å². The Morgan fingerprint density at radius 2 is 2.18 bits per heavy atom. The molecule has 17 heavy (non-hydrogen) atoms. The Balaban J connectivity index is 1.77. The summed E-state index contributed by atoms with van der Waals surface area (Å²) in [5, 5.41) is 2.87. The number of nitrogens with one attached hydrogen (secondary N) is 1. The van der Waals surface area contributed by atoms with Crippen LogP contribution in [0.25, 0.3) is 0 Å². The number of rotatable bonds is 4. The molecule has 1 saturated heterocycles. The van der Waals surface area contributed by atoms with Gasteiger partial charge in [0, 0.05) is 13.2 Å². The van der Waals surface area contributed by atoms with Crippen LogP contribution in [0, 0.1) is 0 Å². The van der Waals surface area contributed by atoms with Crippen LogP contribution in [0.5, 0.6) is 0 Å². The maximum absolute atomic E-state index is 11.8. The number of carbonyl (C=O) groups is 1. The molecule has 1 aliphatic rings. The van der Waals surface area contributed by atoms with E-state index < -0.39 is 5.54 Å². The number of hydrogen-bond acceptors (Lipinski definition) is 3. The van der Waals surface area contributed by atoms with E-state index in [2.05, 4.69) is 5.32 Å². The van der Waals surface area contributed by atoms with Gasteiger partial charge in [-0.25, -0.2) is 0 Å². The van der Waals surface area contributed by atoms with Gasteiger partial charge in [-0.3, -0.25) is 4.79 Å². The highest BCUT2D eigenvalue weighted by Crippen LogP contribution is 2.15. The normalized spacial score (nSPS) is 23.6. The van der Waals surface area contributed by atoms with Gasteiger partial charge in [-0.1, -0.05) is 30.3 Å². The van der Waals surface area contributed by atoms with Gasteiger partial charge in [0.25, 0.3) is 0 Å². The number of ether oxygens (including phenoxy) is 1. The summed E-state index contributed by atoms with van der Waals surface area (Å²) in [6, 6.07) is 10.1. The van der Waals surface area contributed by atoms with E-state index in [9.17, 15) is 4.79 Å². The van der Waals surface area contributed by atoms with Gasteiger partial charge in [0.15, 0.2) is 0 Å². The maximum atomic E-state index is 11.8. The van der Waals surface area contributed by atoms with Gasteiger partial charge < -0.3 is 15.8 Å². The number of hydrogen-bond donors (Lipinski definition) is 2. The fraction of sp³-hybridized carbons (Fsp3) is 0.462. The van der Waals surface area contributed by atoms with Crippen LogP contribution >= 0.6 is 0 Å². The van der Waals surface area contributed by atoms with Gasteiger partial charge in [-0.15, -0.1) is 0 Å². The summed E-state index contributed by atoms with van der Waals surface area (Å²) in [5.74, 6) is -0.106. The topological polar surface area (TPSA) is 64.4 Å². The Hall–Kier alpha value is -1.39. The highest BCUT2D eigenvalue weighted by atomic mass is 16.5. The Morgan fingerprint density at radius 3 is 2.82 bits per heavy atom. The summed E-state index contributed by atoms with van der Waals surface area (Å²) >= 11 is 0. The van der Waals surface area contributed by atoms with Gasteiger partial charge >= 0.3 is 0 Å². The number of benzene rings is 1. The molecule has 4 heteroatoms. The van der Waals surface area contributed by atoms with Crippen molar-refractivity contribution in [1.82, 2.24) is 5.32 Å². The molecule has 1 heterocycles. The quantitative estimate of drug-likeness (QED) is 0.795. The Bertz CT molecular complexity index is 372. The molecule has 0 spiro atoms. The summed E-state index contributed by atoms with van der Waals surface area (Å²) in [5.41, 5.74) is 6.33. The molecule has 0 saturated carbocycles. The molecule has 1 aromatic rings. The monoisotopic (exact) mass is 234 g/mol. The fourth-order valence-corrected chi connectivity index (χ4v) is 1.90. The molecule has 3 N–H and O–H groups in total. The second-order valence-electron chi connectivity index (χ2n) is 4.45. The van der Waals surface area contributed by atoms with E-state index in [1.165, 1.54) is 5.56 Å². The van der Waals surface area contributed by atoms with Crippen molar-refractivity contribution < 1.29 is 9.53 Å². The highest BCUT2D eigenvalue weighted by Gasteiger charge is 2.37. The lowest BCUT2D eigenvalue weighted by Gasteiger charge is -2.20. The van der Waals surface area contributed by atoms with Crippen LogP contribution < -0.4 is 11.1 Å². The molecule has 92 valence electrons. The molecule has 0 aromatic heterocycles. The van der Waals surface area contributed by atoms with Crippen molar-refractivity contribution >= 4 is 5.91 Å². The SMILES string of the molecule is NC1(C(=O)NCCc2ccccc2)CCOC1. The van der Waals surface area contributed by atoms with Crippen LogP contribution in [-0.2, 0) is 16.0 Å². The minimum atomic E-state index is -0.823. The molecule has 1 atom stereocenters. The lowest BCUT2D eigenvalue weighted by Crippen LogP contribution is -2.54. The van der Waals surface area contributed by atoms with Gasteiger partial charge in [-0.2, -0.15) is 0 Å². The molecule has 2 rings (SSSR count). The van der Waals surface area contributed by atoms with E-state index in [-0.39, 0.29) is 5.91 Å². The molecule has 1 unspecified atom stereocenters. The molecule has 0 radical (unpaired) electrons. The Kier molecular flexibility index (Phi) is 3.76. The minimum Gasteiger partial charge on any atom is -0.379 e. The largest absolute Gasteiger partial charge is 0.379 e. The minimum absolute atomic E-state index is 0.106. The number of carbonyl (C=O) groups excluding carboxylic acids is 1. The standard InChI is InChI=1S/C13H18N2O2/c14-13(7-9-17-10-13)12(16)15-8-6-11-4-2-1-3-5-11/h1-5H,6-10,14H2,(H,15,16). The Labute approximate surface area is 101 Å². The first-order valence-electron chi connectivity index (χ1n) is 5.90. The molecule has 0 bridgehead atoms. The van der Waals surface area contributed by atoms with Crippen LogP contribution in [0.2, 0.25) is 0 Å². The summed E-state index contributed by atoms with van der Waals surface area (Å²) in [7, 11) is 0. The second kappa shape index (κ2) is 5.29. The lowest BCUT2D eigenvalue weighted by atomic mass is 9.99. The van der Waals surface area contributed by atoms with Crippen LogP contribution in [0.3, 0.4) is 0 Å². The van der Waals surface area contributed by atoms with Gasteiger partial charge in [0.05, 0.1) is 6.61 Å². The van der Waals surface area contributed by atoms with Crippen molar-refractivity contribution in [3.05, 3.63) is 35.9 Å².